The van der Waals surface area contributed by atoms with E-state index in [4.69, 9.17) is 4.43 Å². The topological polar surface area (TPSA) is 9.23 Å². The molecule has 1 heterocycles. The van der Waals surface area contributed by atoms with Crippen molar-refractivity contribution in [2.24, 2.45) is 0 Å². The summed E-state index contributed by atoms with van der Waals surface area (Å²) in [7, 11) is -2.02. The van der Waals surface area contributed by atoms with Crippen molar-refractivity contribution in [1.29, 1.82) is 0 Å². The minimum Gasteiger partial charge on any atom is -0.405 e. The zero-order chi connectivity index (χ0) is 19.1. The van der Waals surface area contributed by atoms with Crippen LogP contribution >= 0.6 is 27.3 Å². The third kappa shape index (κ3) is 3.96. The molecule has 3 aromatic rings. The third-order valence-corrected chi connectivity index (χ3v) is 11.4. The molecule has 0 aliphatic heterocycles. The molecule has 1 unspecified atom stereocenters. The van der Waals surface area contributed by atoms with Crippen LogP contribution in [0.15, 0.2) is 53.0 Å². The van der Waals surface area contributed by atoms with Crippen molar-refractivity contribution < 1.29 is 8.82 Å². The van der Waals surface area contributed by atoms with Crippen LogP contribution in [0.25, 0.3) is 10.1 Å². The van der Waals surface area contributed by atoms with E-state index < -0.39 is 8.32 Å². The molecule has 0 fully saturated rings. The molecule has 2 aromatic carbocycles. The van der Waals surface area contributed by atoms with E-state index in [1.165, 1.54) is 16.2 Å². The van der Waals surface area contributed by atoms with Crippen molar-refractivity contribution in [2.45, 2.75) is 45.0 Å². The molecule has 0 amide bonds. The number of rotatable bonds is 4. The summed E-state index contributed by atoms with van der Waals surface area (Å²) in [5.74, 6) is -0.254. The van der Waals surface area contributed by atoms with Gasteiger partial charge in [-0.3, -0.25) is 0 Å². The van der Waals surface area contributed by atoms with Gasteiger partial charge in [0.2, 0.25) is 0 Å². The van der Waals surface area contributed by atoms with Crippen LogP contribution in [0.2, 0.25) is 18.1 Å². The van der Waals surface area contributed by atoms with Crippen molar-refractivity contribution in [2.75, 3.05) is 0 Å². The Morgan fingerprint density at radius 2 is 1.77 bits per heavy atom. The molecule has 0 aliphatic rings. The van der Waals surface area contributed by atoms with Crippen LogP contribution < -0.4 is 0 Å². The lowest BCUT2D eigenvalue weighted by molar-refractivity contribution is 0.225. The molecule has 138 valence electrons. The normalized spacial score (nSPS) is 14.0. The highest BCUT2D eigenvalue weighted by Gasteiger charge is 2.40. The van der Waals surface area contributed by atoms with Gasteiger partial charge in [0.1, 0.15) is 11.9 Å². The molecule has 0 aliphatic carbocycles. The van der Waals surface area contributed by atoms with Crippen molar-refractivity contribution in [3.63, 3.8) is 0 Å². The van der Waals surface area contributed by atoms with E-state index in [1.54, 1.807) is 11.3 Å². The Bertz CT molecular complexity index is 896. The fourth-order valence-electron chi connectivity index (χ4n) is 2.57. The quantitative estimate of drug-likeness (QED) is 0.366. The molecule has 5 heteroatoms. The second-order valence-corrected chi connectivity index (χ2v) is 14.8. The average molecular weight is 451 g/mol. The highest BCUT2D eigenvalue weighted by Crippen LogP contribution is 2.44. The molecule has 0 radical (unpaired) electrons. The van der Waals surface area contributed by atoms with E-state index in [1.807, 2.05) is 12.1 Å². The van der Waals surface area contributed by atoms with E-state index in [0.717, 1.165) is 10.4 Å². The summed E-state index contributed by atoms with van der Waals surface area (Å²) < 4.78 is 22.3. The molecule has 0 bridgehead atoms. The molecule has 0 saturated heterocycles. The van der Waals surface area contributed by atoms with Gasteiger partial charge in [-0.1, -0.05) is 45.0 Å². The fourth-order valence-corrected chi connectivity index (χ4v) is 5.38. The Labute approximate surface area is 168 Å². The van der Waals surface area contributed by atoms with Gasteiger partial charge in [0.25, 0.3) is 0 Å². The van der Waals surface area contributed by atoms with Gasteiger partial charge in [-0.05, 0) is 69.3 Å². The highest BCUT2D eigenvalue weighted by molar-refractivity contribution is 9.10. The Balaban J connectivity index is 2.10. The first-order chi connectivity index (χ1) is 12.1. The van der Waals surface area contributed by atoms with Crippen molar-refractivity contribution in [3.05, 3.63) is 69.3 Å². The zero-order valence-corrected chi connectivity index (χ0v) is 19.2. The maximum absolute atomic E-state index is 13.8. The summed E-state index contributed by atoms with van der Waals surface area (Å²) in [4.78, 5) is 1.16. The molecule has 26 heavy (non-hydrogen) atoms. The monoisotopic (exact) mass is 450 g/mol. The first kappa shape index (κ1) is 19.7. The van der Waals surface area contributed by atoms with Gasteiger partial charge in [-0.2, -0.15) is 0 Å². The molecule has 0 N–H and O–H groups in total. The predicted molar refractivity (Wildman–Crippen MR) is 116 cm³/mol. The van der Waals surface area contributed by atoms with E-state index in [-0.39, 0.29) is 17.0 Å². The Hall–Kier alpha value is -1.01. The SMILES string of the molecule is CC(C)(C)[Si](C)(C)OC(c1ccc(F)c(Br)c1)c1cc2ccccc2s1. The first-order valence-corrected chi connectivity index (χ1v) is 13.2. The fraction of sp³-hybridized carbons (Fsp3) is 0.333. The average Bonchev–Trinajstić information content (AvgIpc) is 2.98. The zero-order valence-electron chi connectivity index (χ0n) is 15.8. The van der Waals surface area contributed by atoms with E-state index in [0.29, 0.717) is 4.47 Å². The lowest BCUT2D eigenvalue weighted by Crippen LogP contribution is -2.41. The molecule has 1 aromatic heterocycles. The number of fused-ring (bicyclic) bond motifs is 1. The summed E-state index contributed by atoms with van der Waals surface area (Å²) >= 11 is 5.07. The maximum atomic E-state index is 13.8. The minimum absolute atomic E-state index is 0.0964. The molecule has 1 nitrogen and oxygen atoms in total. The van der Waals surface area contributed by atoms with Gasteiger partial charge in [0.05, 0.1) is 4.47 Å². The summed E-state index contributed by atoms with van der Waals surface area (Å²) in [6, 6.07) is 15.8. The van der Waals surface area contributed by atoms with Crippen LogP contribution in [-0.4, -0.2) is 8.32 Å². The molecule has 0 saturated carbocycles. The van der Waals surface area contributed by atoms with Gasteiger partial charge in [0.15, 0.2) is 8.32 Å². The summed E-state index contributed by atoms with van der Waals surface area (Å²) in [5, 5.41) is 1.32. The minimum atomic E-state index is -2.02. The van der Waals surface area contributed by atoms with Gasteiger partial charge in [0, 0.05) is 9.58 Å². The van der Waals surface area contributed by atoms with Crippen molar-refractivity contribution >= 4 is 45.7 Å². The first-order valence-electron chi connectivity index (χ1n) is 8.70. The lowest BCUT2D eigenvalue weighted by atomic mass is 10.1. The maximum Gasteiger partial charge on any atom is 0.193 e. The molecular weight excluding hydrogens is 427 g/mol. The second kappa shape index (κ2) is 7.19. The van der Waals surface area contributed by atoms with E-state index in [9.17, 15) is 4.39 Å². The van der Waals surface area contributed by atoms with Crippen molar-refractivity contribution in [3.8, 4) is 0 Å². The highest BCUT2D eigenvalue weighted by atomic mass is 79.9. The number of halogens is 2. The lowest BCUT2D eigenvalue weighted by Gasteiger charge is -2.39. The van der Waals surface area contributed by atoms with Gasteiger partial charge in [-0.25, -0.2) is 4.39 Å². The summed E-state index contributed by atoms with van der Waals surface area (Å²) in [6.45, 7) is 11.2. The smallest absolute Gasteiger partial charge is 0.193 e. The predicted octanol–water partition coefficient (Wildman–Crippen LogP) is 7.91. The Kier molecular flexibility index (Phi) is 5.46. The molecular formula is C21H24BrFOSSi. The standard InChI is InChI=1S/C21H24BrFOSSi/c1-21(2,3)26(4,5)24-20(15-10-11-17(23)16(22)12-15)19-13-14-8-6-7-9-18(14)25-19/h6-13,20H,1-5H3. The van der Waals surface area contributed by atoms with Gasteiger partial charge < -0.3 is 4.43 Å². The molecule has 3 rings (SSSR count). The number of benzene rings is 2. The summed E-state index contributed by atoms with van der Waals surface area (Å²) in [6.07, 6.45) is -0.190. The summed E-state index contributed by atoms with van der Waals surface area (Å²) in [5.41, 5.74) is 0.981. The van der Waals surface area contributed by atoms with Crippen LogP contribution in [0, 0.1) is 5.82 Å². The Morgan fingerprint density at radius 3 is 2.38 bits per heavy atom. The third-order valence-electron chi connectivity index (χ3n) is 5.17. The Morgan fingerprint density at radius 1 is 1.08 bits per heavy atom. The van der Waals surface area contributed by atoms with Gasteiger partial charge in [-0.15, -0.1) is 11.3 Å². The largest absolute Gasteiger partial charge is 0.405 e. The van der Waals surface area contributed by atoms with Crippen LogP contribution in [0.5, 0.6) is 0 Å². The van der Waals surface area contributed by atoms with E-state index in [2.05, 4.69) is 80.1 Å². The second-order valence-electron chi connectivity index (χ2n) is 8.12. The number of hydrogen-bond donors (Lipinski definition) is 0. The van der Waals surface area contributed by atoms with Crippen molar-refractivity contribution in [1.82, 2.24) is 0 Å². The van der Waals surface area contributed by atoms with E-state index >= 15 is 0 Å². The van der Waals surface area contributed by atoms with Gasteiger partial charge >= 0.3 is 0 Å². The van der Waals surface area contributed by atoms with Crippen LogP contribution in [-0.2, 0) is 4.43 Å². The molecule has 0 spiro atoms. The molecule has 1 atom stereocenters. The number of thiophene rings is 1. The van der Waals surface area contributed by atoms with Crippen LogP contribution in [0.1, 0.15) is 37.3 Å². The van der Waals surface area contributed by atoms with Crippen LogP contribution in [0.4, 0.5) is 4.39 Å². The number of hydrogen-bond acceptors (Lipinski definition) is 2. The van der Waals surface area contributed by atoms with Crippen LogP contribution in [0.3, 0.4) is 0 Å².